The number of aromatic nitrogens is 2. The van der Waals surface area contributed by atoms with Crippen molar-refractivity contribution in [3.05, 3.63) is 47.8 Å². The van der Waals surface area contributed by atoms with Gasteiger partial charge in [-0.3, -0.25) is 5.10 Å². The number of benzene rings is 1. The Balaban J connectivity index is 1.44. The van der Waals surface area contributed by atoms with Crippen LogP contribution in [0.2, 0.25) is 0 Å². The lowest BCUT2D eigenvalue weighted by Crippen LogP contribution is -2.47. The number of H-pyrrole nitrogens is 1. The lowest BCUT2D eigenvalue weighted by molar-refractivity contribution is 0.127. The summed E-state index contributed by atoms with van der Waals surface area (Å²) in [6.45, 7) is 2.48. The standard InChI is InChI=1S/C21H28N4O2/c1-14-18(16-10-6-3-7-11-16)23-17-12-22-25-20(17)19(14)24-21(26)27-13-15-8-4-2-5-9-15/h2,4-5,8-9,12,14,16,18-19,23H,3,6-7,10-11,13H2,1H3,(H,22,25)(H,24,26)/t14-,18+,19?/m0/s1. The molecule has 2 heterocycles. The Morgan fingerprint density at radius 1 is 1.22 bits per heavy atom. The number of hydrogen-bond donors (Lipinski definition) is 3. The van der Waals surface area contributed by atoms with Gasteiger partial charge in [-0.15, -0.1) is 0 Å². The molecule has 1 amide bonds. The van der Waals surface area contributed by atoms with Crippen molar-refractivity contribution in [1.82, 2.24) is 15.5 Å². The first kappa shape index (κ1) is 17.9. The van der Waals surface area contributed by atoms with E-state index in [-0.39, 0.29) is 24.7 Å². The highest BCUT2D eigenvalue weighted by molar-refractivity contribution is 5.69. The van der Waals surface area contributed by atoms with E-state index in [4.69, 9.17) is 4.74 Å². The smallest absolute Gasteiger partial charge is 0.408 e. The number of carbonyl (C=O) groups is 1. The molecule has 1 aliphatic carbocycles. The molecular formula is C21H28N4O2. The molecule has 144 valence electrons. The second kappa shape index (κ2) is 8.03. The molecule has 4 rings (SSSR count). The maximum Gasteiger partial charge on any atom is 0.408 e. The Morgan fingerprint density at radius 3 is 2.78 bits per heavy atom. The van der Waals surface area contributed by atoms with Crippen LogP contribution in [0, 0.1) is 11.8 Å². The van der Waals surface area contributed by atoms with E-state index in [1.807, 2.05) is 36.5 Å². The first-order chi connectivity index (χ1) is 13.2. The van der Waals surface area contributed by atoms with E-state index in [0.717, 1.165) is 16.9 Å². The molecule has 6 nitrogen and oxygen atoms in total. The summed E-state index contributed by atoms with van der Waals surface area (Å²) in [5.41, 5.74) is 2.91. The highest BCUT2D eigenvalue weighted by atomic mass is 16.5. The Kier molecular flexibility index (Phi) is 5.32. The molecule has 3 N–H and O–H groups in total. The fourth-order valence-corrected chi connectivity index (χ4v) is 4.57. The van der Waals surface area contributed by atoms with Gasteiger partial charge in [-0.1, -0.05) is 56.5 Å². The average Bonchev–Trinajstić information content (AvgIpc) is 3.18. The summed E-state index contributed by atoms with van der Waals surface area (Å²) in [7, 11) is 0. The molecule has 1 aromatic carbocycles. The molecule has 0 spiro atoms. The molecule has 2 aliphatic rings. The largest absolute Gasteiger partial charge is 0.445 e. The van der Waals surface area contributed by atoms with Crippen molar-refractivity contribution in [1.29, 1.82) is 0 Å². The van der Waals surface area contributed by atoms with E-state index < -0.39 is 0 Å². The van der Waals surface area contributed by atoms with Gasteiger partial charge in [-0.25, -0.2) is 4.79 Å². The van der Waals surface area contributed by atoms with E-state index in [9.17, 15) is 4.79 Å². The van der Waals surface area contributed by atoms with Crippen molar-refractivity contribution in [3.8, 4) is 0 Å². The van der Waals surface area contributed by atoms with Crippen LogP contribution in [0.25, 0.3) is 0 Å². The number of amides is 1. The zero-order valence-corrected chi connectivity index (χ0v) is 15.8. The molecular weight excluding hydrogens is 340 g/mol. The number of nitrogens with zero attached hydrogens (tertiary/aromatic N) is 1. The Morgan fingerprint density at radius 2 is 2.00 bits per heavy atom. The Labute approximate surface area is 160 Å². The second-order valence-corrected chi connectivity index (χ2v) is 7.81. The van der Waals surface area contributed by atoms with Crippen LogP contribution in [0.3, 0.4) is 0 Å². The Hall–Kier alpha value is -2.50. The fraction of sp³-hybridized carbons (Fsp3) is 0.524. The van der Waals surface area contributed by atoms with Crippen molar-refractivity contribution in [2.45, 2.75) is 57.7 Å². The zero-order valence-electron chi connectivity index (χ0n) is 15.8. The molecule has 6 heteroatoms. The highest BCUT2D eigenvalue weighted by Crippen LogP contribution is 2.41. The van der Waals surface area contributed by atoms with Crippen LogP contribution in [0.15, 0.2) is 36.5 Å². The summed E-state index contributed by atoms with van der Waals surface area (Å²) in [4.78, 5) is 12.5. The Bertz CT molecular complexity index is 755. The van der Waals surface area contributed by atoms with Gasteiger partial charge in [0.15, 0.2) is 0 Å². The predicted molar refractivity (Wildman–Crippen MR) is 104 cm³/mol. The number of ether oxygens (including phenoxy) is 1. The molecule has 1 aromatic heterocycles. The van der Waals surface area contributed by atoms with E-state index in [1.165, 1.54) is 32.1 Å². The topological polar surface area (TPSA) is 79.0 Å². The minimum absolute atomic E-state index is 0.126. The molecule has 1 unspecified atom stereocenters. The minimum atomic E-state index is -0.388. The number of anilines is 1. The number of alkyl carbamates (subject to hydrolysis) is 1. The van der Waals surface area contributed by atoms with Gasteiger partial charge in [0, 0.05) is 12.0 Å². The third-order valence-electron chi connectivity index (χ3n) is 6.04. The third kappa shape index (κ3) is 3.94. The molecule has 0 radical (unpaired) electrons. The van der Waals surface area contributed by atoms with Gasteiger partial charge < -0.3 is 15.4 Å². The lowest BCUT2D eigenvalue weighted by Gasteiger charge is -2.42. The van der Waals surface area contributed by atoms with Gasteiger partial charge >= 0.3 is 6.09 Å². The summed E-state index contributed by atoms with van der Waals surface area (Å²) >= 11 is 0. The van der Waals surface area contributed by atoms with Gasteiger partial charge in [0.1, 0.15) is 6.61 Å². The average molecular weight is 368 g/mol. The summed E-state index contributed by atoms with van der Waals surface area (Å²) in [6, 6.07) is 9.95. The summed E-state index contributed by atoms with van der Waals surface area (Å²) in [6.07, 6.45) is 7.86. The van der Waals surface area contributed by atoms with Crippen molar-refractivity contribution in [3.63, 3.8) is 0 Å². The summed E-state index contributed by atoms with van der Waals surface area (Å²) in [5.74, 6) is 0.895. The predicted octanol–water partition coefficient (Wildman–Crippen LogP) is 4.39. The van der Waals surface area contributed by atoms with Gasteiger partial charge in [-0.05, 0) is 24.3 Å². The normalized spacial score (nSPS) is 25.3. The molecule has 1 aliphatic heterocycles. The van der Waals surface area contributed by atoms with Crippen LogP contribution in [0.1, 0.15) is 56.3 Å². The number of aromatic amines is 1. The van der Waals surface area contributed by atoms with Crippen molar-refractivity contribution < 1.29 is 9.53 Å². The van der Waals surface area contributed by atoms with Gasteiger partial charge in [0.25, 0.3) is 0 Å². The fourth-order valence-electron chi connectivity index (χ4n) is 4.57. The number of rotatable bonds is 4. The van der Waals surface area contributed by atoms with Crippen LogP contribution < -0.4 is 10.6 Å². The molecule has 0 saturated heterocycles. The molecule has 2 aromatic rings. The monoisotopic (exact) mass is 368 g/mol. The van der Waals surface area contributed by atoms with E-state index >= 15 is 0 Å². The maximum atomic E-state index is 12.5. The van der Waals surface area contributed by atoms with Crippen LogP contribution >= 0.6 is 0 Å². The van der Waals surface area contributed by atoms with E-state index in [1.54, 1.807) is 0 Å². The summed E-state index contributed by atoms with van der Waals surface area (Å²) in [5, 5.41) is 14.0. The second-order valence-electron chi connectivity index (χ2n) is 7.81. The molecule has 0 bridgehead atoms. The highest BCUT2D eigenvalue weighted by Gasteiger charge is 2.40. The minimum Gasteiger partial charge on any atom is -0.445 e. The quantitative estimate of drug-likeness (QED) is 0.748. The summed E-state index contributed by atoms with van der Waals surface area (Å²) < 4.78 is 5.45. The van der Waals surface area contributed by atoms with Crippen LogP contribution in [0.4, 0.5) is 10.5 Å². The van der Waals surface area contributed by atoms with Crippen LogP contribution in [-0.4, -0.2) is 22.3 Å². The van der Waals surface area contributed by atoms with E-state index in [2.05, 4.69) is 27.8 Å². The van der Waals surface area contributed by atoms with Gasteiger partial charge in [0.05, 0.1) is 23.6 Å². The van der Waals surface area contributed by atoms with Gasteiger partial charge in [0.2, 0.25) is 0 Å². The van der Waals surface area contributed by atoms with Gasteiger partial charge in [-0.2, -0.15) is 5.10 Å². The van der Waals surface area contributed by atoms with Crippen molar-refractivity contribution >= 4 is 11.8 Å². The number of fused-ring (bicyclic) bond motifs is 1. The molecule has 1 fully saturated rings. The van der Waals surface area contributed by atoms with Crippen molar-refractivity contribution in [2.75, 3.05) is 5.32 Å². The zero-order chi connectivity index (χ0) is 18.6. The lowest BCUT2D eigenvalue weighted by atomic mass is 9.74. The molecule has 3 atom stereocenters. The first-order valence-corrected chi connectivity index (χ1v) is 9.99. The number of hydrogen-bond acceptors (Lipinski definition) is 4. The van der Waals surface area contributed by atoms with Crippen LogP contribution in [-0.2, 0) is 11.3 Å². The number of carbonyl (C=O) groups excluding carboxylic acids is 1. The third-order valence-corrected chi connectivity index (χ3v) is 6.04. The van der Waals surface area contributed by atoms with Crippen molar-refractivity contribution in [2.24, 2.45) is 11.8 Å². The van der Waals surface area contributed by atoms with Crippen LogP contribution in [0.5, 0.6) is 0 Å². The molecule has 1 saturated carbocycles. The van der Waals surface area contributed by atoms with E-state index in [0.29, 0.717) is 12.0 Å². The molecule has 27 heavy (non-hydrogen) atoms. The maximum absolute atomic E-state index is 12.5. The number of nitrogens with one attached hydrogen (secondary N) is 3. The SMILES string of the molecule is C[C@@H]1C(NC(=O)OCc2ccccc2)c2[nH]ncc2N[C@H]1C1CCCCC1. The first-order valence-electron chi connectivity index (χ1n) is 9.99.